The smallest absolute Gasteiger partial charge is 0.227 e. The third kappa shape index (κ3) is 5.17. The van der Waals surface area contributed by atoms with E-state index in [-0.39, 0.29) is 17.4 Å². The zero-order chi connectivity index (χ0) is 14.3. The minimum atomic E-state index is -0.679. The van der Waals surface area contributed by atoms with Crippen molar-refractivity contribution in [2.24, 2.45) is 16.9 Å². The van der Waals surface area contributed by atoms with Crippen molar-refractivity contribution in [1.29, 1.82) is 0 Å². The van der Waals surface area contributed by atoms with Crippen LogP contribution in [0.3, 0.4) is 0 Å². The van der Waals surface area contributed by atoms with Gasteiger partial charge in [0.05, 0.1) is 17.5 Å². The topological polar surface area (TPSA) is 98.2 Å². The Morgan fingerprint density at radius 2 is 1.89 bits per heavy atom. The Morgan fingerprint density at radius 3 is 2.28 bits per heavy atom. The Bertz CT molecular complexity index is 298. The second-order valence-corrected chi connectivity index (χ2v) is 5.52. The number of rotatable bonds is 8. The van der Waals surface area contributed by atoms with Gasteiger partial charge in [0.2, 0.25) is 5.91 Å². The molecule has 0 spiro atoms. The summed E-state index contributed by atoms with van der Waals surface area (Å²) in [5, 5.41) is 2.66. The fourth-order valence-electron chi connectivity index (χ4n) is 1.21. The third-order valence-corrected chi connectivity index (χ3v) is 3.84. The van der Waals surface area contributed by atoms with Gasteiger partial charge < -0.3 is 16.8 Å². The number of nitrogens with one attached hydrogen (secondary N) is 1. The monoisotopic (exact) mass is 293 g/mol. The minimum absolute atomic E-state index is 0.214. The molecule has 106 valence electrons. The van der Waals surface area contributed by atoms with Gasteiger partial charge in [-0.25, -0.2) is 0 Å². The highest BCUT2D eigenvalue weighted by Gasteiger charge is 2.31. The van der Waals surface area contributed by atoms with E-state index in [9.17, 15) is 9.59 Å². The first-order valence-electron chi connectivity index (χ1n) is 5.82. The van der Waals surface area contributed by atoms with Crippen LogP contribution in [-0.2, 0) is 9.59 Å². The van der Waals surface area contributed by atoms with Crippen molar-refractivity contribution in [2.75, 3.05) is 18.1 Å². The molecule has 0 aromatic heterocycles. The van der Waals surface area contributed by atoms with Crippen LogP contribution in [0.5, 0.6) is 0 Å². The number of nitrogens with two attached hydrogens (primary N) is 2. The summed E-state index contributed by atoms with van der Waals surface area (Å²) in [5.41, 5.74) is 10.4. The van der Waals surface area contributed by atoms with E-state index < -0.39 is 17.5 Å². The summed E-state index contributed by atoms with van der Waals surface area (Å²) in [7, 11) is 0. The van der Waals surface area contributed by atoms with Crippen molar-refractivity contribution in [2.45, 2.75) is 32.4 Å². The maximum Gasteiger partial charge on any atom is 0.227 e. The van der Waals surface area contributed by atoms with Gasteiger partial charge in [0.1, 0.15) is 0 Å². The quantitative estimate of drug-likeness (QED) is 0.393. The van der Waals surface area contributed by atoms with Crippen molar-refractivity contribution in [3.05, 3.63) is 0 Å². The maximum absolute atomic E-state index is 12.0. The molecular formula is C11H23N3O2S2. The number of thiol groups is 2. The van der Waals surface area contributed by atoms with Crippen LogP contribution in [-0.4, -0.2) is 41.8 Å². The van der Waals surface area contributed by atoms with E-state index in [0.29, 0.717) is 18.7 Å². The van der Waals surface area contributed by atoms with E-state index >= 15 is 0 Å². The van der Waals surface area contributed by atoms with E-state index in [0.717, 1.165) is 0 Å². The lowest BCUT2D eigenvalue weighted by atomic mass is 9.94. The van der Waals surface area contributed by atoms with Gasteiger partial charge in [-0.1, -0.05) is 13.8 Å². The zero-order valence-corrected chi connectivity index (χ0v) is 12.6. The summed E-state index contributed by atoms with van der Waals surface area (Å²) < 4.78 is 0. The molecule has 0 heterocycles. The summed E-state index contributed by atoms with van der Waals surface area (Å²) in [5.74, 6) is 0.135. The Kier molecular flexibility index (Phi) is 7.93. The summed E-state index contributed by atoms with van der Waals surface area (Å²) >= 11 is 8.19. The van der Waals surface area contributed by atoms with Gasteiger partial charge in [-0.15, -0.1) is 0 Å². The first kappa shape index (κ1) is 17.8. The van der Waals surface area contributed by atoms with Crippen LogP contribution in [0, 0.1) is 5.41 Å². The lowest BCUT2D eigenvalue weighted by Crippen LogP contribution is -2.53. The normalized spacial score (nSPS) is 15.0. The lowest BCUT2D eigenvalue weighted by molar-refractivity contribution is -0.132. The molecule has 1 unspecified atom stereocenters. The largest absolute Gasteiger partial charge is 0.345 e. The van der Waals surface area contributed by atoms with E-state index in [2.05, 4.69) is 30.6 Å². The molecule has 0 aliphatic heterocycles. The van der Waals surface area contributed by atoms with E-state index in [1.807, 2.05) is 0 Å². The summed E-state index contributed by atoms with van der Waals surface area (Å²) in [6, 6.07) is -1.34. The average Bonchev–Trinajstić information content (AvgIpc) is 2.34. The van der Waals surface area contributed by atoms with Crippen LogP contribution >= 0.6 is 25.3 Å². The summed E-state index contributed by atoms with van der Waals surface area (Å²) in [4.78, 5) is 23.9. The van der Waals surface area contributed by atoms with Crippen LogP contribution in [0.1, 0.15) is 20.3 Å². The molecule has 0 radical (unpaired) electrons. The fourth-order valence-corrected chi connectivity index (χ4v) is 1.63. The van der Waals surface area contributed by atoms with Crippen molar-refractivity contribution < 1.29 is 9.59 Å². The van der Waals surface area contributed by atoms with Crippen LogP contribution in [0.15, 0.2) is 0 Å². The minimum Gasteiger partial charge on any atom is -0.345 e. The molecule has 0 aromatic carbocycles. The second-order valence-electron chi connectivity index (χ2n) is 4.84. The number of hydrogen-bond acceptors (Lipinski definition) is 6. The first-order chi connectivity index (χ1) is 8.30. The fraction of sp³-hybridized carbons (Fsp3) is 0.818. The second kappa shape index (κ2) is 8.04. The van der Waals surface area contributed by atoms with Crippen LogP contribution in [0.4, 0.5) is 0 Å². The molecule has 5 N–H and O–H groups in total. The molecule has 0 aliphatic carbocycles. The molecule has 2 atom stereocenters. The molecule has 7 heteroatoms. The Morgan fingerprint density at radius 1 is 1.33 bits per heavy atom. The van der Waals surface area contributed by atoms with Gasteiger partial charge in [0.25, 0.3) is 0 Å². The molecule has 18 heavy (non-hydrogen) atoms. The lowest BCUT2D eigenvalue weighted by Gasteiger charge is -2.26. The van der Waals surface area contributed by atoms with Crippen molar-refractivity contribution >= 4 is 36.9 Å². The van der Waals surface area contributed by atoms with Gasteiger partial charge in [0.15, 0.2) is 5.78 Å². The molecule has 1 amide bonds. The third-order valence-electron chi connectivity index (χ3n) is 2.68. The van der Waals surface area contributed by atoms with E-state index in [1.165, 1.54) is 0 Å². The maximum atomic E-state index is 12.0. The predicted octanol–water partition coefficient (Wildman–Crippen LogP) is -0.398. The van der Waals surface area contributed by atoms with Gasteiger partial charge >= 0.3 is 0 Å². The number of carbonyl (C=O) groups is 2. The number of ketones is 1. The standard InChI is InChI=1S/C11H23N3O2S2/c1-11(2,6-18)10(16)14-8(5-17)9(15)7(13)3-4-12/h7-8,17-18H,3-6,12-13H2,1-2H3,(H,14,16)/t7?,8-/m0/s1. The molecular weight excluding hydrogens is 270 g/mol. The Hall–Kier alpha value is -0.240. The summed E-state index contributed by atoms with van der Waals surface area (Å²) in [6.45, 7) is 3.85. The van der Waals surface area contributed by atoms with Crippen molar-refractivity contribution in [1.82, 2.24) is 5.32 Å². The van der Waals surface area contributed by atoms with Crippen LogP contribution in [0.2, 0.25) is 0 Å². The highest BCUT2D eigenvalue weighted by Crippen LogP contribution is 2.17. The Balaban J connectivity index is 4.61. The Labute approximate surface area is 119 Å². The average molecular weight is 293 g/mol. The van der Waals surface area contributed by atoms with Gasteiger partial charge in [-0.05, 0) is 13.0 Å². The number of hydrogen-bond donors (Lipinski definition) is 5. The first-order valence-corrected chi connectivity index (χ1v) is 7.08. The van der Waals surface area contributed by atoms with Gasteiger partial charge in [-0.2, -0.15) is 25.3 Å². The SMILES string of the molecule is CC(C)(CS)C(=O)N[C@@H](CS)C(=O)C(N)CCN. The predicted molar refractivity (Wildman–Crippen MR) is 80.1 cm³/mol. The molecule has 0 rings (SSSR count). The number of carbonyl (C=O) groups excluding carboxylic acids is 2. The highest BCUT2D eigenvalue weighted by atomic mass is 32.1. The van der Waals surface area contributed by atoms with Crippen LogP contribution in [0.25, 0.3) is 0 Å². The van der Waals surface area contributed by atoms with E-state index in [4.69, 9.17) is 11.5 Å². The molecule has 5 nitrogen and oxygen atoms in total. The molecule has 0 aliphatic rings. The molecule has 0 saturated heterocycles. The molecule has 0 fully saturated rings. The number of amides is 1. The zero-order valence-electron chi connectivity index (χ0n) is 10.8. The molecule has 0 bridgehead atoms. The highest BCUT2D eigenvalue weighted by molar-refractivity contribution is 7.80. The van der Waals surface area contributed by atoms with Crippen molar-refractivity contribution in [3.8, 4) is 0 Å². The van der Waals surface area contributed by atoms with Crippen molar-refractivity contribution in [3.63, 3.8) is 0 Å². The molecule has 0 saturated carbocycles. The van der Waals surface area contributed by atoms with Gasteiger partial charge in [-0.3, -0.25) is 9.59 Å². The summed E-state index contributed by atoms with van der Waals surface area (Å²) in [6.07, 6.45) is 0.398. The number of Topliss-reactive ketones (excluding diaryl/α,β-unsaturated/α-hetero) is 1. The molecule has 0 aromatic rings. The van der Waals surface area contributed by atoms with Gasteiger partial charge in [0, 0.05) is 11.5 Å². The van der Waals surface area contributed by atoms with Crippen LogP contribution < -0.4 is 16.8 Å². The van der Waals surface area contributed by atoms with E-state index in [1.54, 1.807) is 13.8 Å².